The van der Waals surface area contributed by atoms with Gasteiger partial charge in [0.2, 0.25) is 11.8 Å². The molecule has 0 atom stereocenters. The molecule has 2 aromatic carbocycles. The van der Waals surface area contributed by atoms with Crippen LogP contribution in [-0.2, 0) is 16.1 Å². The molecule has 25 heavy (non-hydrogen) atoms. The average molecular weight is 342 g/mol. The highest BCUT2D eigenvalue weighted by Gasteiger charge is 2.14. The van der Waals surface area contributed by atoms with Crippen LogP contribution in [0.1, 0.15) is 30.0 Å². The van der Waals surface area contributed by atoms with E-state index in [1.54, 1.807) is 18.2 Å². The second-order valence-electron chi connectivity index (χ2n) is 6.15. The molecule has 0 radical (unpaired) electrons. The first kappa shape index (κ1) is 18.6. The van der Waals surface area contributed by atoms with Gasteiger partial charge < -0.3 is 10.2 Å². The lowest BCUT2D eigenvalue weighted by molar-refractivity contribution is -0.130. The van der Waals surface area contributed by atoms with Gasteiger partial charge in [0, 0.05) is 37.7 Å². The van der Waals surface area contributed by atoms with Gasteiger partial charge in [-0.05, 0) is 37.1 Å². The first-order valence-electron chi connectivity index (χ1n) is 8.23. The van der Waals surface area contributed by atoms with Crippen molar-refractivity contribution < 1.29 is 14.0 Å². The maximum absolute atomic E-state index is 13.8. The van der Waals surface area contributed by atoms with E-state index in [9.17, 15) is 14.0 Å². The Labute approximate surface area is 147 Å². The fourth-order valence-corrected chi connectivity index (χ4v) is 2.50. The minimum Gasteiger partial charge on any atom is -0.338 e. The van der Waals surface area contributed by atoms with Gasteiger partial charge in [-0.1, -0.05) is 30.3 Å². The fourth-order valence-electron chi connectivity index (χ4n) is 2.50. The molecular weight excluding hydrogens is 319 g/mol. The Morgan fingerprint density at radius 2 is 1.84 bits per heavy atom. The topological polar surface area (TPSA) is 49.4 Å². The van der Waals surface area contributed by atoms with Crippen LogP contribution in [0.2, 0.25) is 0 Å². The van der Waals surface area contributed by atoms with Crippen molar-refractivity contribution in [2.24, 2.45) is 0 Å². The number of anilines is 1. The molecule has 132 valence electrons. The Morgan fingerprint density at radius 3 is 2.52 bits per heavy atom. The van der Waals surface area contributed by atoms with E-state index in [1.165, 1.54) is 17.9 Å². The minimum atomic E-state index is -0.353. The molecule has 0 aliphatic heterocycles. The van der Waals surface area contributed by atoms with Crippen LogP contribution in [0, 0.1) is 19.7 Å². The van der Waals surface area contributed by atoms with Crippen LogP contribution in [-0.4, -0.2) is 23.3 Å². The van der Waals surface area contributed by atoms with E-state index in [4.69, 9.17) is 0 Å². The standard InChI is InChI=1S/C20H23FN2O2/c1-14-8-9-15(2)19(12-14)22-20(25)10-11-23(16(3)24)13-17-6-4-5-7-18(17)21/h4-9,12H,10-11,13H2,1-3H3,(H,22,25). The normalized spacial score (nSPS) is 10.4. The summed E-state index contributed by atoms with van der Waals surface area (Å²) in [5, 5.41) is 2.87. The molecule has 0 aromatic heterocycles. The number of carbonyl (C=O) groups is 2. The lowest BCUT2D eigenvalue weighted by Gasteiger charge is -2.21. The molecule has 1 N–H and O–H groups in total. The van der Waals surface area contributed by atoms with Gasteiger partial charge in [-0.15, -0.1) is 0 Å². The van der Waals surface area contributed by atoms with E-state index in [2.05, 4.69) is 5.32 Å². The van der Waals surface area contributed by atoms with E-state index in [0.717, 1.165) is 16.8 Å². The van der Waals surface area contributed by atoms with E-state index in [0.29, 0.717) is 5.56 Å². The molecule has 2 amide bonds. The van der Waals surface area contributed by atoms with Crippen LogP contribution in [0.5, 0.6) is 0 Å². The number of rotatable bonds is 6. The molecule has 0 aliphatic rings. The third-order valence-corrected chi connectivity index (χ3v) is 4.04. The molecule has 0 heterocycles. The van der Waals surface area contributed by atoms with Crippen molar-refractivity contribution in [1.82, 2.24) is 4.90 Å². The highest BCUT2D eigenvalue weighted by atomic mass is 19.1. The first-order chi connectivity index (χ1) is 11.9. The van der Waals surface area contributed by atoms with Crippen molar-refractivity contribution in [3.8, 4) is 0 Å². The third-order valence-electron chi connectivity index (χ3n) is 4.04. The lowest BCUT2D eigenvalue weighted by Crippen LogP contribution is -2.32. The molecule has 2 aromatic rings. The maximum atomic E-state index is 13.8. The van der Waals surface area contributed by atoms with Crippen LogP contribution in [0.25, 0.3) is 0 Å². The summed E-state index contributed by atoms with van der Waals surface area (Å²) in [6.45, 7) is 5.69. The number of amides is 2. The quantitative estimate of drug-likeness (QED) is 0.867. The second-order valence-corrected chi connectivity index (χ2v) is 6.15. The summed E-state index contributed by atoms with van der Waals surface area (Å²) in [4.78, 5) is 25.5. The van der Waals surface area contributed by atoms with Crippen LogP contribution < -0.4 is 5.32 Å². The zero-order valence-electron chi connectivity index (χ0n) is 14.8. The SMILES string of the molecule is CC(=O)N(CCC(=O)Nc1cc(C)ccc1C)Cc1ccccc1F. The van der Waals surface area contributed by atoms with Crippen molar-refractivity contribution in [2.75, 3.05) is 11.9 Å². The monoisotopic (exact) mass is 342 g/mol. The second kappa shape index (κ2) is 8.42. The van der Waals surface area contributed by atoms with Crippen LogP contribution in [0.15, 0.2) is 42.5 Å². The summed E-state index contributed by atoms with van der Waals surface area (Å²) in [6.07, 6.45) is 0.154. The molecular formula is C20H23FN2O2. The minimum absolute atomic E-state index is 0.152. The van der Waals surface area contributed by atoms with Gasteiger partial charge in [0.05, 0.1) is 0 Å². The maximum Gasteiger partial charge on any atom is 0.226 e. The molecule has 0 fully saturated rings. The Kier molecular flexibility index (Phi) is 6.28. The Morgan fingerprint density at radius 1 is 1.12 bits per heavy atom. The Hall–Kier alpha value is -2.69. The summed E-state index contributed by atoms with van der Waals surface area (Å²) in [7, 11) is 0. The van der Waals surface area contributed by atoms with Crippen molar-refractivity contribution in [3.63, 3.8) is 0 Å². The summed E-state index contributed by atoms with van der Waals surface area (Å²) in [5.74, 6) is -0.718. The molecule has 5 heteroatoms. The van der Waals surface area contributed by atoms with Crippen LogP contribution in [0.4, 0.5) is 10.1 Å². The number of benzene rings is 2. The molecule has 0 aliphatic carbocycles. The van der Waals surface area contributed by atoms with Gasteiger partial charge in [0.25, 0.3) is 0 Å². The van der Waals surface area contributed by atoms with E-state index < -0.39 is 0 Å². The van der Waals surface area contributed by atoms with Crippen LogP contribution >= 0.6 is 0 Å². The van der Waals surface area contributed by atoms with E-state index >= 15 is 0 Å². The first-order valence-corrected chi connectivity index (χ1v) is 8.23. The van der Waals surface area contributed by atoms with Gasteiger partial charge in [0.15, 0.2) is 0 Å². The summed E-state index contributed by atoms with van der Waals surface area (Å²) < 4.78 is 13.8. The number of hydrogen-bond donors (Lipinski definition) is 1. The summed E-state index contributed by atoms with van der Waals surface area (Å²) in [5.41, 5.74) is 3.25. The molecule has 0 spiro atoms. The fraction of sp³-hybridized carbons (Fsp3) is 0.300. The highest BCUT2D eigenvalue weighted by Crippen LogP contribution is 2.17. The molecule has 0 saturated carbocycles. The van der Waals surface area contributed by atoms with Gasteiger partial charge >= 0.3 is 0 Å². The van der Waals surface area contributed by atoms with Crippen molar-refractivity contribution in [1.29, 1.82) is 0 Å². The smallest absolute Gasteiger partial charge is 0.226 e. The summed E-state index contributed by atoms with van der Waals surface area (Å²) >= 11 is 0. The zero-order chi connectivity index (χ0) is 18.4. The average Bonchev–Trinajstić information content (AvgIpc) is 2.56. The molecule has 0 unspecified atom stereocenters. The van der Waals surface area contributed by atoms with Gasteiger partial charge in [-0.25, -0.2) is 4.39 Å². The van der Waals surface area contributed by atoms with Crippen LogP contribution in [0.3, 0.4) is 0 Å². The molecule has 4 nitrogen and oxygen atoms in total. The predicted molar refractivity (Wildman–Crippen MR) is 96.7 cm³/mol. The van der Waals surface area contributed by atoms with Gasteiger partial charge in [-0.3, -0.25) is 9.59 Å². The Bertz CT molecular complexity index is 774. The lowest BCUT2D eigenvalue weighted by atomic mass is 10.1. The number of carbonyl (C=O) groups excluding carboxylic acids is 2. The highest BCUT2D eigenvalue weighted by molar-refractivity contribution is 5.92. The molecule has 2 rings (SSSR count). The number of nitrogens with one attached hydrogen (secondary N) is 1. The van der Waals surface area contributed by atoms with E-state index in [-0.39, 0.29) is 37.1 Å². The Balaban J connectivity index is 1.96. The predicted octanol–water partition coefficient (Wildman–Crippen LogP) is 3.82. The number of nitrogens with zero attached hydrogens (tertiary/aromatic N) is 1. The number of hydrogen-bond acceptors (Lipinski definition) is 2. The van der Waals surface area contributed by atoms with Crippen molar-refractivity contribution >= 4 is 17.5 Å². The number of halogens is 1. The van der Waals surface area contributed by atoms with Gasteiger partial charge in [0.1, 0.15) is 5.82 Å². The van der Waals surface area contributed by atoms with Gasteiger partial charge in [-0.2, -0.15) is 0 Å². The molecule has 0 saturated heterocycles. The number of aryl methyl sites for hydroxylation is 2. The summed E-state index contributed by atoms with van der Waals surface area (Å²) in [6, 6.07) is 12.2. The zero-order valence-corrected chi connectivity index (χ0v) is 14.8. The van der Waals surface area contributed by atoms with Crippen molar-refractivity contribution in [3.05, 3.63) is 65.0 Å². The van der Waals surface area contributed by atoms with Crippen molar-refractivity contribution in [2.45, 2.75) is 33.7 Å². The molecule has 0 bridgehead atoms. The third kappa shape index (κ3) is 5.41. The van der Waals surface area contributed by atoms with E-state index in [1.807, 2.05) is 32.0 Å². The largest absolute Gasteiger partial charge is 0.338 e.